The molecule has 3 aliphatic carbocycles. The maximum absolute atomic E-state index is 14.3. The lowest BCUT2D eigenvalue weighted by molar-refractivity contribution is -0.149. The number of aliphatic hydroxyl groups is 2. The average molecular weight is 547 g/mol. The van der Waals surface area contributed by atoms with Gasteiger partial charge in [-0.1, -0.05) is 106 Å². The summed E-state index contributed by atoms with van der Waals surface area (Å²) in [7, 11) is 0. The fraction of sp³-hybridized carbons (Fsp3) is 0.588. The van der Waals surface area contributed by atoms with E-state index in [1.807, 2.05) is 60.7 Å². The molecular weight excluding hydrogens is 500 g/mol. The van der Waals surface area contributed by atoms with Crippen molar-refractivity contribution in [3.63, 3.8) is 0 Å². The van der Waals surface area contributed by atoms with Crippen molar-refractivity contribution in [2.45, 2.75) is 120 Å². The van der Waals surface area contributed by atoms with Gasteiger partial charge in [-0.05, 0) is 62.5 Å². The van der Waals surface area contributed by atoms with Gasteiger partial charge in [-0.2, -0.15) is 0 Å². The number of nitrogens with one attached hydrogen (secondary N) is 2. The van der Waals surface area contributed by atoms with Gasteiger partial charge >= 0.3 is 0 Å². The van der Waals surface area contributed by atoms with Gasteiger partial charge in [0.15, 0.2) is 0 Å². The predicted octanol–water partition coefficient (Wildman–Crippen LogP) is 5.00. The minimum absolute atomic E-state index is 0.275. The van der Waals surface area contributed by atoms with E-state index in [1.54, 1.807) is 0 Å². The predicted molar refractivity (Wildman–Crippen MR) is 157 cm³/mol. The van der Waals surface area contributed by atoms with Crippen molar-refractivity contribution in [1.82, 2.24) is 10.6 Å². The van der Waals surface area contributed by atoms with Gasteiger partial charge in [-0.15, -0.1) is 0 Å². The monoisotopic (exact) mass is 546 g/mol. The molecule has 2 aromatic rings. The Morgan fingerprint density at radius 1 is 0.575 bits per heavy atom. The Kier molecular flexibility index (Phi) is 8.96. The van der Waals surface area contributed by atoms with Crippen molar-refractivity contribution >= 4 is 11.8 Å². The van der Waals surface area contributed by atoms with Gasteiger partial charge in [0.05, 0.1) is 23.3 Å². The maximum atomic E-state index is 14.3. The number of amides is 2. The quantitative estimate of drug-likeness (QED) is 0.315. The Morgan fingerprint density at radius 3 is 1.30 bits per heavy atom. The molecule has 0 heterocycles. The number of hydrogen-bond acceptors (Lipinski definition) is 4. The molecule has 0 bridgehead atoms. The zero-order valence-corrected chi connectivity index (χ0v) is 23.7. The Labute approximate surface area is 239 Å². The molecule has 0 aromatic heterocycles. The molecule has 0 aliphatic heterocycles. The fourth-order valence-electron chi connectivity index (χ4n) is 7.43. The van der Waals surface area contributed by atoms with Gasteiger partial charge in [0.2, 0.25) is 11.8 Å². The summed E-state index contributed by atoms with van der Waals surface area (Å²) in [6, 6.07) is 19.0. The van der Waals surface area contributed by atoms with E-state index in [0.29, 0.717) is 51.4 Å². The topological polar surface area (TPSA) is 98.7 Å². The molecule has 3 fully saturated rings. The highest BCUT2D eigenvalue weighted by Gasteiger charge is 2.51. The summed E-state index contributed by atoms with van der Waals surface area (Å²) in [6.45, 7) is 0. The average Bonchev–Trinajstić information content (AvgIpc) is 3.63. The Morgan fingerprint density at radius 2 is 0.925 bits per heavy atom. The molecule has 2 amide bonds. The second-order valence-electron chi connectivity index (χ2n) is 12.7. The Balaban J connectivity index is 1.39. The SMILES string of the molecule is O=C(N[C@H](Cc1ccccc1)C1(O)CCCC1)C1(C(=O)N[C@H](Cc2ccccc2)C2(O)CCCC2)CCCCC1. The summed E-state index contributed by atoms with van der Waals surface area (Å²) < 4.78 is 0. The van der Waals surface area contributed by atoms with Crippen molar-refractivity contribution in [3.05, 3.63) is 71.8 Å². The lowest BCUT2D eigenvalue weighted by Crippen LogP contribution is -2.62. The van der Waals surface area contributed by atoms with Crippen LogP contribution in [-0.2, 0) is 22.4 Å². The van der Waals surface area contributed by atoms with E-state index in [2.05, 4.69) is 10.6 Å². The minimum atomic E-state index is -1.20. The van der Waals surface area contributed by atoms with Crippen molar-refractivity contribution in [1.29, 1.82) is 0 Å². The van der Waals surface area contributed by atoms with Gasteiger partial charge in [-0.3, -0.25) is 9.59 Å². The van der Waals surface area contributed by atoms with E-state index in [0.717, 1.165) is 56.1 Å². The van der Waals surface area contributed by atoms with Crippen LogP contribution in [0, 0.1) is 5.41 Å². The second kappa shape index (κ2) is 12.4. The van der Waals surface area contributed by atoms with Crippen molar-refractivity contribution in [2.75, 3.05) is 0 Å². The molecule has 0 radical (unpaired) electrons. The smallest absolute Gasteiger partial charge is 0.236 e. The van der Waals surface area contributed by atoms with Crippen LogP contribution in [0.2, 0.25) is 0 Å². The van der Waals surface area contributed by atoms with E-state index in [1.165, 1.54) is 0 Å². The fourth-order valence-corrected chi connectivity index (χ4v) is 7.43. The largest absolute Gasteiger partial charge is 0.388 e. The third-order valence-electron chi connectivity index (χ3n) is 9.99. The van der Waals surface area contributed by atoms with Gasteiger partial charge in [0.1, 0.15) is 5.41 Å². The molecule has 0 saturated heterocycles. The minimum Gasteiger partial charge on any atom is -0.388 e. The molecule has 6 heteroatoms. The van der Waals surface area contributed by atoms with Crippen LogP contribution in [0.25, 0.3) is 0 Å². The van der Waals surface area contributed by atoms with Gasteiger partial charge in [0, 0.05) is 0 Å². The van der Waals surface area contributed by atoms with Crippen LogP contribution in [0.5, 0.6) is 0 Å². The van der Waals surface area contributed by atoms with E-state index in [9.17, 15) is 19.8 Å². The zero-order chi connectivity index (χ0) is 28.1. The molecule has 6 nitrogen and oxygen atoms in total. The maximum Gasteiger partial charge on any atom is 0.236 e. The third kappa shape index (κ3) is 6.28. The molecule has 3 saturated carbocycles. The lowest BCUT2D eigenvalue weighted by atomic mass is 9.71. The first-order valence-electron chi connectivity index (χ1n) is 15.5. The van der Waals surface area contributed by atoms with Crippen LogP contribution in [0.15, 0.2) is 60.7 Å². The van der Waals surface area contributed by atoms with E-state index in [4.69, 9.17) is 0 Å². The molecule has 2 aromatic carbocycles. The first-order valence-corrected chi connectivity index (χ1v) is 15.5. The molecule has 0 spiro atoms. The first-order chi connectivity index (χ1) is 19.3. The van der Waals surface area contributed by atoms with E-state index in [-0.39, 0.29) is 11.8 Å². The van der Waals surface area contributed by atoms with Gasteiger partial charge < -0.3 is 20.8 Å². The van der Waals surface area contributed by atoms with Crippen LogP contribution in [0.4, 0.5) is 0 Å². The van der Waals surface area contributed by atoms with Gasteiger partial charge in [0.25, 0.3) is 0 Å². The van der Waals surface area contributed by atoms with E-state index < -0.39 is 28.7 Å². The zero-order valence-electron chi connectivity index (χ0n) is 23.7. The van der Waals surface area contributed by atoms with Crippen LogP contribution in [0.1, 0.15) is 94.6 Å². The Bertz CT molecular complexity index is 1030. The number of rotatable bonds is 10. The van der Waals surface area contributed by atoms with Crippen molar-refractivity contribution < 1.29 is 19.8 Å². The summed E-state index contributed by atoms with van der Waals surface area (Å²) in [4.78, 5) is 28.5. The molecule has 3 aliphatic rings. The first kappa shape index (κ1) is 28.8. The molecule has 0 unspecified atom stereocenters. The second-order valence-corrected chi connectivity index (χ2v) is 12.7. The number of carbonyl (C=O) groups excluding carboxylic acids is 2. The van der Waals surface area contributed by atoms with Crippen molar-refractivity contribution in [3.8, 4) is 0 Å². The van der Waals surface area contributed by atoms with Crippen molar-refractivity contribution in [2.24, 2.45) is 5.41 Å². The normalized spacial score (nSPS) is 22.8. The Hall–Kier alpha value is -2.70. The summed E-state index contributed by atoms with van der Waals surface area (Å²) in [6.07, 6.45) is 11.0. The number of carbonyl (C=O) groups is 2. The van der Waals surface area contributed by atoms with Crippen LogP contribution in [-0.4, -0.2) is 45.3 Å². The van der Waals surface area contributed by atoms with E-state index >= 15 is 0 Å². The highest BCUT2D eigenvalue weighted by Crippen LogP contribution is 2.40. The number of hydrogen-bond donors (Lipinski definition) is 4. The molecule has 40 heavy (non-hydrogen) atoms. The summed E-state index contributed by atoms with van der Waals surface area (Å²) in [5.41, 5.74) is -1.05. The highest BCUT2D eigenvalue weighted by molar-refractivity contribution is 6.05. The van der Waals surface area contributed by atoms with Gasteiger partial charge in [-0.25, -0.2) is 0 Å². The van der Waals surface area contributed by atoms with Crippen LogP contribution < -0.4 is 10.6 Å². The number of benzene rings is 2. The van der Waals surface area contributed by atoms with Crippen LogP contribution >= 0.6 is 0 Å². The van der Waals surface area contributed by atoms with Crippen LogP contribution in [0.3, 0.4) is 0 Å². The standard InChI is InChI=1S/C34H46N2O4/c37-30(35-28(33(39)20-10-11-21-33)24-26-14-4-1-5-15-26)32(18-8-3-9-19-32)31(38)36-29(34(40)22-12-13-23-34)25-27-16-6-2-7-17-27/h1-2,4-7,14-17,28-29,39-40H,3,8-13,18-25H2,(H,35,37)(H,36,38)/t28-,29-/m1/s1. The third-order valence-corrected chi connectivity index (χ3v) is 9.99. The summed E-state index contributed by atoms with van der Waals surface area (Å²) >= 11 is 0. The summed E-state index contributed by atoms with van der Waals surface area (Å²) in [5.74, 6) is -0.550. The summed E-state index contributed by atoms with van der Waals surface area (Å²) in [5, 5.41) is 29.7. The molecule has 2 atom stereocenters. The highest BCUT2D eigenvalue weighted by atomic mass is 16.3. The molecule has 216 valence electrons. The molecule has 4 N–H and O–H groups in total. The lowest BCUT2D eigenvalue weighted by Gasteiger charge is -2.41. The molecular formula is C34H46N2O4. The molecule has 5 rings (SSSR count).